The molecule has 5 nitrogen and oxygen atoms in total. The first kappa shape index (κ1) is 19.6. The highest BCUT2D eigenvalue weighted by Crippen LogP contribution is 2.25. The zero-order valence-electron chi connectivity index (χ0n) is 14.1. The van der Waals surface area contributed by atoms with Gasteiger partial charge in [0, 0.05) is 15.6 Å². The van der Waals surface area contributed by atoms with Crippen LogP contribution in [0, 0.1) is 0 Å². The van der Waals surface area contributed by atoms with Crippen molar-refractivity contribution < 1.29 is 13.2 Å². The molecule has 0 radical (unpaired) electrons. The van der Waals surface area contributed by atoms with Crippen molar-refractivity contribution in [3.63, 3.8) is 0 Å². The minimum absolute atomic E-state index is 0.343. The van der Waals surface area contributed by atoms with Crippen LogP contribution in [0.25, 0.3) is 0 Å². The Morgan fingerprint density at radius 2 is 1.88 bits per heavy atom. The van der Waals surface area contributed by atoms with Crippen LogP contribution in [0.1, 0.15) is 6.92 Å². The van der Waals surface area contributed by atoms with Crippen LogP contribution in [0.5, 0.6) is 0 Å². The molecule has 0 aliphatic heterocycles. The number of thioether (sulfide) groups is 1. The number of hydrogen-bond donors (Lipinski definition) is 1. The fourth-order valence-corrected chi connectivity index (χ4v) is 4.18. The van der Waals surface area contributed by atoms with Gasteiger partial charge in [0.15, 0.2) is 0 Å². The third-order valence-electron chi connectivity index (χ3n) is 3.49. The summed E-state index contributed by atoms with van der Waals surface area (Å²) in [6, 6.07) is 12.8. The van der Waals surface area contributed by atoms with Gasteiger partial charge in [0.2, 0.25) is 15.9 Å². The number of rotatable bonds is 6. The quantitative estimate of drug-likeness (QED) is 0.750. The van der Waals surface area contributed by atoms with Crippen LogP contribution >= 0.6 is 23.4 Å². The summed E-state index contributed by atoms with van der Waals surface area (Å²) in [6.45, 7) is 1.54. The number of anilines is 2. The second-order valence-electron chi connectivity index (χ2n) is 5.44. The Balaban J connectivity index is 2.30. The van der Waals surface area contributed by atoms with Crippen molar-refractivity contribution in [3.8, 4) is 0 Å². The fraction of sp³-hybridized carbons (Fsp3) is 0.235. The second-order valence-corrected chi connectivity index (χ2v) is 8.61. The number of carbonyl (C=O) groups is 1. The van der Waals surface area contributed by atoms with Gasteiger partial charge in [-0.25, -0.2) is 8.42 Å². The highest BCUT2D eigenvalue weighted by molar-refractivity contribution is 7.98. The van der Waals surface area contributed by atoms with Crippen molar-refractivity contribution in [2.45, 2.75) is 17.9 Å². The van der Waals surface area contributed by atoms with E-state index in [2.05, 4.69) is 5.32 Å². The summed E-state index contributed by atoms with van der Waals surface area (Å²) in [5.41, 5.74) is 0.957. The van der Waals surface area contributed by atoms with Gasteiger partial charge >= 0.3 is 0 Å². The van der Waals surface area contributed by atoms with Crippen LogP contribution in [0.4, 0.5) is 11.4 Å². The molecule has 0 bridgehead atoms. The Morgan fingerprint density at radius 3 is 2.48 bits per heavy atom. The molecule has 2 rings (SSSR count). The lowest BCUT2D eigenvalue weighted by molar-refractivity contribution is -0.116. The smallest absolute Gasteiger partial charge is 0.247 e. The lowest BCUT2D eigenvalue weighted by Gasteiger charge is -2.28. The number of halogens is 1. The average molecular weight is 399 g/mol. The molecule has 1 N–H and O–H groups in total. The molecule has 0 aliphatic carbocycles. The van der Waals surface area contributed by atoms with Gasteiger partial charge < -0.3 is 5.32 Å². The first-order valence-corrected chi connectivity index (χ1v) is 10.9. The van der Waals surface area contributed by atoms with Crippen LogP contribution in [-0.4, -0.2) is 32.9 Å². The molecule has 2 aromatic rings. The van der Waals surface area contributed by atoms with Gasteiger partial charge in [-0.3, -0.25) is 9.10 Å². The molecule has 0 aromatic heterocycles. The van der Waals surface area contributed by atoms with E-state index in [0.717, 1.165) is 15.5 Å². The molecule has 1 amide bonds. The highest BCUT2D eigenvalue weighted by atomic mass is 35.5. The van der Waals surface area contributed by atoms with E-state index >= 15 is 0 Å². The number of amides is 1. The molecule has 1 atom stereocenters. The first-order valence-electron chi connectivity index (χ1n) is 7.42. The van der Waals surface area contributed by atoms with E-state index in [4.69, 9.17) is 11.6 Å². The highest BCUT2D eigenvalue weighted by Gasteiger charge is 2.29. The Kier molecular flexibility index (Phi) is 6.37. The lowest BCUT2D eigenvalue weighted by Crippen LogP contribution is -2.45. The maximum Gasteiger partial charge on any atom is 0.247 e. The minimum atomic E-state index is -3.67. The fourth-order valence-electron chi connectivity index (χ4n) is 2.37. The number of sulfonamides is 1. The summed E-state index contributed by atoms with van der Waals surface area (Å²) in [4.78, 5) is 13.6. The van der Waals surface area contributed by atoms with Crippen molar-refractivity contribution in [1.29, 1.82) is 0 Å². The normalized spacial score (nSPS) is 12.5. The van der Waals surface area contributed by atoms with Crippen molar-refractivity contribution >= 4 is 50.7 Å². The SMILES string of the molecule is CSc1cccc(NC(=O)[C@H](C)N(c2cccc(Cl)c2)S(C)(=O)=O)c1. The molecule has 0 saturated heterocycles. The molecule has 0 heterocycles. The molecule has 0 unspecified atom stereocenters. The van der Waals surface area contributed by atoms with Gasteiger partial charge in [-0.15, -0.1) is 11.8 Å². The molecule has 0 aliphatic rings. The summed E-state index contributed by atoms with van der Waals surface area (Å²) >= 11 is 7.52. The lowest BCUT2D eigenvalue weighted by atomic mass is 10.2. The van der Waals surface area contributed by atoms with Gasteiger partial charge in [-0.05, 0) is 49.6 Å². The monoisotopic (exact) mass is 398 g/mol. The standard InChI is InChI=1S/C17H19ClN2O3S2/c1-12(17(21)19-14-7-5-9-16(11-14)24-2)20(25(3,22)23)15-8-4-6-13(18)10-15/h4-12H,1-3H3,(H,19,21)/t12-/m0/s1. The zero-order chi connectivity index (χ0) is 18.6. The van der Waals surface area contributed by atoms with Crippen molar-refractivity contribution in [2.24, 2.45) is 0 Å². The van der Waals surface area contributed by atoms with E-state index in [-0.39, 0.29) is 0 Å². The van der Waals surface area contributed by atoms with E-state index in [9.17, 15) is 13.2 Å². The van der Waals surface area contributed by atoms with Crippen LogP contribution in [0.15, 0.2) is 53.4 Å². The number of benzene rings is 2. The molecule has 134 valence electrons. The average Bonchev–Trinajstić information content (AvgIpc) is 2.53. The molecule has 0 saturated carbocycles. The van der Waals surface area contributed by atoms with Crippen LogP contribution < -0.4 is 9.62 Å². The Labute approximate surface area is 157 Å². The number of nitrogens with one attached hydrogen (secondary N) is 1. The van der Waals surface area contributed by atoms with Gasteiger partial charge in [0.1, 0.15) is 6.04 Å². The molecule has 8 heteroatoms. The van der Waals surface area contributed by atoms with E-state index in [1.54, 1.807) is 36.0 Å². The first-order chi connectivity index (χ1) is 11.7. The summed E-state index contributed by atoms with van der Waals surface area (Å²) in [5, 5.41) is 3.16. The van der Waals surface area contributed by atoms with Gasteiger partial charge in [0.05, 0.1) is 11.9 Å². The van der Waals surface area contributed by atoms with Gasteiger partial charge in [0.25, 0.3) is 0 Å². The van der Waals surface area contributed by atoms with E-state index in [1.165, 1.54) is 13.0 Å². The number of hydrogen-bond acceptors (Lipinski definition) is 4. The van der Waals surface area contributed by atoms with Crippen LogP contribution in [0.3, 0.4) is 0 Å². The molecule has 0 fully saturated rings. The molecule has 25 heavy (non-hydrogen) atoms. The van der Waals surface area contributed by atoms with E-state index in [1.807, 2.05) is 24.5 Å². The topological polar surface area (TPSA) is 66.5 Å². The van der Waals surface area contributed by atoms with Crippen molar-refractivity contribution in [1.82, 2.24) is 0 Å². The summed E-state index contributed by atoms with van der Waals surface area (Å²) in [7, 11) is -3.67. The molecule has 2 aromatic carbocycles. The maximum absolute atomic E-state index is 12.6. The largest absolute Gasteiger partial charge is 0.324 e. The number of carbonyl (C=O) groups excluding carboxylic acids is 1. The number of nitrogens with zero attached hydrogens (tertiary/aromatic N) is 1. The summed E-state index contributed by atoms with van der Waals surface area (Å²) in [6.07, 6.45) is 3.00. The summed E-state index contributed by atoms with van der Waals surface area (Å²) in [5.74, 6) is -0.427. The minimum Gasteiger partial charge on any atom is -0.324 e. The van der Waals surface area contributed by atoms with Gasteiger partial charge in [-0.2, -0.15) is 0 Å². The summed E-state index contributed by atoms with van der Waals surface area (Å²) < 4.78 is 25.5. The van der Waals surface area contributed by atoms with Crippen LogP contribution in [-0.2, 0) is 14.8 Å². The molecular weight excluding hydrogens is 380 g/mol. The predicted octanol–water partition coefficient (Wildman–Crippen LogP) is 3.86. The third kappa shape index (κ3) is 5.14. The predicted molar refractivity (Wildman–Crippen MR) is 105 cm³/mol. The third-order valence-corrected chi connectivity index (χ3v) is 5.69. The maximum atomic E-state index is 12.6. The van der Waals surface area contributed by atoms with Crippen LogP contribution in [0.2, 0.25) is 5.02 Å². The Bertz CT molecular complexity index is 872. The Hall–Kier alpha value is -1.70. The second kappa shape index (κ2) is 8.12. The molecular formula is C17H19ClN2O3S2. The van der Waals surface area contributed by atoms with E-state index < -0.39 is 22.0 Å². The molecule has 0 spiro atoms. The Morgan fingerprint density at radius 1 is 1.20 bits per heavy atom. The van der Waals surface area contributed by atoms with Gasteiger partial charge in [-0.1, -0.05) is 23.7 Å². The van der Waals surface area contributed by atoms with E-state index in [0.29, 0.717) is 16.4 Å². The zero-order valence-corrected chi connectivity index (χ0v) is 16.5. The van der Waals surface area contributed by atoms with Crippen molar-refractivity contribution in [2.75, 3.05) is 22.1 Å². The van der Waals surface area contributed by atoms with Crippen molar-refractivity contribution in [3.05, 3.63) is 53.6 Å².